The van der Waals surface area contributed by atoms with Crippen molar-refractivity contribution in [2.24, 2.45) is 11.8 Å². The Morgan fingerprint density at radius 1 is 1.00 bits per heavy atom. The monoisotopic (exact) mass is 384 g/mol. The van der Waals surface area contributed by atoms with Crippen LogP contribution in [0, 0.1) is 11.8 Å². The summed E-state index contributed by atoms with van der Waals surface area (Å²) in [7, 11) is 0. The van der Waals surface area contributed by atoms with Gasteiger partial charge in [0.15, 0.2) is 0 Å². The van der Waals surface area contributed by atoms with Crippen molar-refractivity contribution in [2.75, 3.05) is 26.4 Å². The van der Waals surface area contributed by atoms with Gasteiger partial charge in [-0.3, -0.25) is 14.4 Å². The van der Waals surface area contributed by atoms with E-state index in [2.05, 4.69) is 10.6 Å². The number of ketones is 1. The number of hydrogen-bond acceptors (Lipinski definition) is 5. The number of hydrogen-bond donors (Lipinski definition) is 2. The fraction of sp³-hybridized carbons (Fsp3) is 0.850. The van der Waals surface area contributed by atoms with E-state index in [0.717, 1.165) is 32.1 Å². The Morgan fingerprint density at radius 2 is 1.67 bits per heavy atom. The van der Waals surface area contributed by atoms with E-state index in [1.54, 1.807) is 0 Å². The van der Waals surface area contributed by atoms with Crippen LogP contribution in [0.1, 0.15) is 59.8 Å². The summed E-state index contributed by atoms with van der Waals surface area (Å²) in [5.74, 6) is 0.299. The summed E-state index contributed by atoms with van der Waals surface area (Å²) in [5, 5.41) is 5.64. The molecular weight excluding hydrogens is 348 g/mol. The van der Waals surface area contributed by atoms with E-state index in [1.165, 1.54) is 0 Å². The maximum Gasteiger partial charge on any atom is 0.246 e. The van der Waals surface area contributed by atoms with Gasteiger partial charge < -0.3 is 20.1 Å². The van der Waals surface area contributed by atoms with Crippen LogP contribution in [0.3, 0.4) is 0 Å². The quantitative estimate of drug-likeness (QED) is 0.501. The van der Waals surface area contributed by atoms with Crippen LogP contribution < -0.4 is 10.6 Å². The number of carbonyl (C=O) groups excluding carboxylic acids is 3. The molecule has 0 saturated heterocycles. The van der Waals surface area contributed by atoms with Gasteiger partial charge in [0.1, 0.15) is 19.0 Å². The van der Waals surface area contributed by atoms with Crippen LogP contribution in [0.15, 0.2) is 0 Å². The van der Waals surface area contributed by atoms with E-state index >= 15 is 0 Å². The maximum atomic E-state index is 12.2. The van der Waals surface area contributed by atoms with Crippen molar-refractivity contribution in [3.05, 3.63) is 0 Å². The van der Waals surface area contributed by atoms with E-state index < -0.39 is 0 Å². The van der Waals surface area contributed by atoms with Crippen molar-refractivity contribution in [2.45, 2.75) is 71.9 Å². The summed E-state index contributed by atoms with van der Waals surface area (Å²) >= 11 is 0. The lowest BCUT2D eigenvalue weighted by Crippen LogP contribution is -2.41. The van der Waals surface area contributed by atoms with Crippen LogP contribution in [0.5, 0.6) is 0 Å². The highest BCUT2D eigenvalue weighted by atomic mass is 16.5. The normalized spacial score (nSPS) is 20.9. The topological polar surface area (TPSA) is 93.7 Å². The first-order valence-electron chi connectivity index (χ1n) is 10.1. The van der Waals surface area contributed by atoms with Crippen molar-refractivity contribution < 1.29 is 23.9 Å². The van der Waals surface area contributed by atoms with Crippen LogP contribution in [0.25, 0.3) is 0 Å². The zero-order valence-corrected chi connectivity index (χ0v) is 17.2. The second-order valence-corrected chi connectivity index (χ2v) is 7.59. The fourth-order valence-electron chi connectivity index (χ4n) is 3.12. The minimum absolute atomic E-state index is 0.0129. The molecule has 1 fully saturated rings. The van der Waals surface area contributed by atoms with Crippen molar-refractivity contribution in [3.63, 3.8) is 0 Å². The average molecular weight is 385 g/mol. The smallest absolute Gasteiger partial charge is 0.246 e. The second-order valence-electron chi connectivity index (χ2n) is 7.59. The average Bonchev–Trinajstić information content (AvgIpc) is 2.65. The maximum absolute atomic E-state index is 12.2. The zero-order valence-electron chi connectivity index (χ0n) is 17.2. The molecule has 156 valence electrons. The lowest BCUT2D eigenvalue weighted by atomic mass is 9.79. The van der Waals surface area contributed by atoms with Crippen LogP contribution >= 0.6 is 0 Å². The molecule has 7 nitrogen and oxygen atoms in total. The van der Waals surface area contributed by atoms with Crippen molar-refractivity contribution >= 4 is 17.6 Å². The Morgan fingerprint density at radius 3 is 2.26 bits per heavy atom. The molecule has 0 aromatic heterocycles. The molecule has 0 heterocycles. The van der Waals surface area contributed by atoms with Gasteiger partial charge in [-0.25, -0.2) is 0 Å². The number of ether oxygens (including phenoxy) is 2. The number of nitrogens with one attached hydrogen (secondary N) is 2. The molecule has 2 amide bonds. The molecule has 0 aromatic rings. The van der Waals surface area contributed by atoms with Gasteiger partial charge in [0.2, 0.25) is 11.8 Å². The number of Topliss-reactive ketones (excluding diaryl/α,β-unsaturated/α-hetero) is 1. The number of rotatable bonds is 12. The van der Waals surface area contributed by atoms with E-state index in [0.29, 0.717) is 12.3 Å². The molecule has 7 heteroatoms. The Balaban J connectivity index is 2.09. The summed E-state index contributed by atoms with van der Waals surface area (Å²) in [6, 6.07) is 0.120. The highest BCUT2D eigenvalue weighted by molar-refractivity contribution is 5.83. The summed E-state index contributed by atoms with van der Waals surface area (Å²) < 4.78 is 10.5. The van der Waals surface area contributed by atoms with Crippen LogP contribution in [0.4, 0.5) is 0 Å². The molecule has 2 N–H and O–H groups in total. The summed E-state index contributed by atoms with van der Waals surface area (Å²) in [6.07, 6.45) is 4.27. The molecule has 1 aliphatic carbocycles. The molecule has 0 aliphatic heterocycles. The molecule has 0 radical (unpaired) electrons. The lowest BCUT2D eigenvalue weighted by Gasteiger charge is -2.29. The zero-order chi connectivity index (χ0) is 20.2. The minimum atomic E-state index is -0.194. The molecule has 0 spiro atoms. The first-order valence-corrected chi connectivity index (χ1v) is 10.1. The van der Waals surface area contributed by atoms with Gasteiger partial charge in [0, 0.05) is 24.4 Å². The predicted molar refractivity (Wildman–Crippen MR) is 103 cm³/mol. The van der Waals surface area contributed by atoms with E-state index in [1.807, 2.05) is 27.7 Å². The third-order valence-corrected chi connectivity index (χ3v) is 4.94. The second kappa shape index (κ2) is 12.8. The molecule has 27 heavy (non-hydrogen) atoms. The van der Waals surface area contributed by atoms with Crippen LogP contribution in [0.2, 0.25) is 0 Å². The largest absolute Gasteiger partial charge is 0.370 e. The van der Waals surface area contributed by atoms with Crippen molar-refractivity contribution in [3.8, 4) is 0 Å². The van der Waals surface area contributed by atoms with Gasteiger partial charge in [-0.2, -0.15) is 0 Å². The SMILES string of the molecule is CCC(C)C(=O)C1CCC(NC(=O)COCCNC(=O)COC(C)C)CC1. The minimum Gasteiger partial charge on any atom is -0.370 e. The van der Waals surface area contributed by atoms with E-state index in [9.17, 15) is 14.4 Å². The first-order chi connectivity index (χ1) is 12.8. The molecule has 1 saturated carbocycles. The standard InChI is InChI=1S/C20H36N2O5/c1-5-15(4)20(25)16-6-8-17(9-7-16)22-19(24)12-26-11-10-21-18(23)13-27-14(2)3/h14-17H,5-13H2,1-4H3,(H,21,23)(H,22,24). The first kappa shape index (κ1) is 23.6. The number of carbonyl (C=O) groups is 3. The fourth-order valence-corrected chi connectivity index (χ4v) is 3.12. The Kier molecular flexibility index (Phi) is 11.2. The summed E-state index contributed by atoms with van der Waals surface area (Å²) in [5.41, 5.74) is 0. The molecular formula is C20H36N2O5. The highest BCUT2D eigenvalue weighted by Gasteiger charge is 2.28. The molecule has 1 unspecified atom stereocenters. The Labute approximate surface area is 162 Å². The lowest BCUT2D eigenvalue weighted by molar-refractivity contribution is -0.128. The Hall–Kier alpha value is -1.47. The van der Waals surface area contributed by atoms with Crippen molar-refractivity contribution in [1.82, 2.24) is 10.6 Å². The summed E-state index contributed by atoms with van der Waals surface area (Å²) in [6.45, 7) is 8.39. The number of amides is 2. The third kappa shape index (κ3) is 9.86. The van der Waals surface area contributed by atoms with Gasteiger partial charge in [0.05, 0.1) is 12.7 Å². The molecule has 1 rings (SSSR count). The van der Waals surface area contributed by atoms with Gasteiger partial charge in [-0.05, 0) is 46.0 Å². The van der Waals surface area contributed by atoms with Gasteiger partial charge in [-0.1, -0.05) is 13.8 Å². The molecule has 1 atom stereocenters. The third-order valence-electron chi connectivity index (χ3n) is 4.94. The van der Waals surface area contributed by atoms with E-state index in [4.69, 9.17) is 9.47 Å². The van der Waals surface area contributed by atoms with E-state index in [-0.39, 0.29) is 55.6 Å². The van der Waals surface area contributed by atoms with Crippen LogP contribution in [-0.4, -0.2) is 56.1 Å². The van der Waals surface area contributed by atoms with Gasteiger partial charge in [0.25, 0.3) is 0 Å². The van der Waals surface area contributed by atoms with Crippen LogP contribution in [-0.2, 0) is 23.9 Å². The van der Waals surface area contributed by atoms with Gasteiger partial charge in [-0.15, -0.1) is 0 Å². The molecule has 0 bridgehead atoms. The summed E-state index contributed by atoms with van der Waals surface area (Å²) in [4.78, 5) is 35.6. The predicted octanol–water partition coefficient (Wildman–Crippen LogP) is 1.83. The molecule has 0 aromatic carbocycles. The highest BCUT2D eigenvalue weighted by Crippen LogP contribution is 2.27. The van der Waals surface area contributed by atoms with Crippen molar-refractivity contribution in [1.29, 1.82) is 0 Å². The molecule has 1 aliphatic rings. The van der Waals surface area contributed by atoms with Gasteiger partial charge >= 0.3 is 0 Å². The Bertz CT molecular complexity index is 473.